The summed E-state index contributed by atoms with van der Waals surface area (Å²) < 4.78 is 26.0. The van der Waals surface area contributed by atoms with E-state index in [4.69, 9.17) is 11.6 Å². The molecular weight excluding hydrogens is 242 g/mol. The molecule has 1 saturated carbocycles. The van der Waals surface area contributed by atoms with Crippen LogP contribution in [-0.4, -0.2) is 15.7 Å². The molecule has 0 aliphatic heterocycles. The number of aliphatic carboxylic acids is 1. The van der Waals surface area contributed by atoms with Crippen molar-refractivity contribution >= 4 is 17.6 Å². The van der Waals surface area contributed by atoms with Gasteiger partial charge in [0, 0.05) is 5.92 Å². The molecule has 1 heterocycles. The second-order valence-electron chi connectivity index (χ2n) is 3.69. The van der Waals surface area contributed by atoms with E-state index in [0.717, 1.165) is 17.5 Å². The summed E-state index contributed by atoms with van der Waals surface area (Å²) in [4.78, 5) is 10.5. The summed E-state index contributed by atoms with van der Waals surface area (Å²) in [5.74, 6) is -1.33. The summed E-state index contributed by atoms with van der Waals surface area (Å²) in [6, 6.07) is 0. The van der Waals surface area contributed by atoms with Crippen LogP contribution in [0.3, 0.4) is 0 Å². The molecule has 4 nitrogen and oxygen atoms in total. The fourth-order valence-electron chi connectivity index (χ4n) is 1.60. The van der Waals surface area contributed by atoms with Gasteiger partial charge in [0.2, 0.25) is 0 Å². The molecule has 0 spiro atoms. The van der Waals surface area contributed by atoms with Gasteiger partial charge < -0.3 is 9.90 Å². The topological polar surface area (TPSA) is 57.9 Å². The number of aromatic nitrogens is 2. The normalized spacial score (nSPS) is 15.8. The van der Waals surface area contributed by atoms with E-state index in [0.29, 0.717) is 5.69 Å². The van der Waals surface area contributed by atoms with Crippen molar-refractivity contribution in [3.8, 4) is 0 Å². The summed E-state index contributed by atoms with van der Waals surface area (Å²) in [5.41, 5.74) is -0.161. The van der Waals surface area contributed by atoms with Crippen LogP contribution in [0.1, 0.15) is 36.6 Å². The number of carboxylic acids is 1. The van der Waals surface area contributed by atoms with E-state index < -0.39 is 24.6 Å². The predicted molar refractivity (Wildman–Crippen MR) is 49.2 cm³/mol. The molecule has 16 heavy (non-hydrogen) atoms. The number of carboxylic acid groups (broad SMARTS) is 1. The zero-order chi connectivity index (χ0) is 11.9. The molecule has 1 fully saturated rings. The standard InChI is InChI=1S/C9H9ClF2N2O2/c10-6-7(9(11)12)13-14(3-5(15)16)8(6)4-1-2-4/h4,9H,1-3H2,(H,15,16)/p-1. The minimum atomic E-state index is -2.80. The van der Waals surface area contributed by atoms with Crippen LogP contribution >= 0.6 is 11.6 Å². The van der Waals surface area contributed by atoms with Crippen molar-refractivity contribution in [3.05, 3.63) is 16.4 Å². The van der Waals surface area contributed by atoms with Gasteiger partial charge >= 0.3 is 0 Å². The Morgan fingerprint density at radius 1 is 1.62 bits per heavy atom. The molecule has 0 atom stereocenters. The smallest absolute Gasteiger partial charge is 0.283 e. The molecule has 0 unspecified atom stereocenters. The Balaban J connectivity index is 2.41. The van der Waals surface area contributed by atoms with E-state index in [1.807, 2.05) is 0 Å². The Labute approximate surface area is 94.8 Å². The van der Waals surface area contributed by atoms with Gasteiger partial charge in [-0.1, -0.05) is 11.6 Å². The maximum atomic E-state index is 12.5. The van der Waals surface area contributed by atoms with Crippen LogP contribution in [0.15, 0.2) is 0 Å². The number of carbonyl (C=O) groups is 1. The second kappa shape index (κ2) is 4.01. The zero-order valence-corrected chi connectivity index (χ0v) is 8.88. The first kappa shape index (κ1) is 11.3. The maximum absolute atomic E-state index is 12.5. The molecule has 1 aromatic rings. The molecule has 0 aromatic carbocycles. The third kappa shape index (κ3) is 2.02. The van der Waals surface area contributed by atoms with Crippen molar-refractivity contribution < 1.29 is 18.7 Å². The highest BCUT2D eigenvalue weighted by molar-refractivity contribution is 6.32. The van der Waals surface area contributed by atoms with Crippen LogP contribution in [0.4, 0.5) is 8.78 Å². The van der Waals surface area contributed by atoms with Gasteiger partial charge in [-0.05, 0) is 12.8 Å². The Hall–Kier alpha value is -1.17. The zero-order valence-electron chi connectivity index (χ0n) is 8.12. The van der Waals surface area contributed by atoms with Crippen LogP contribution in [0.5, 0.6) is 0 Å². The molecule has 2 rings (SSSR count). The van der Waals surface area contributed by atoms with E-state index in [2.05, 4.69) is 5.10 Å². The van der Waals surface area contributed by atoms with Gasteiger partial charge in [0.25, 0.3) is 6.43 Å². The lowest BCUT2D eigenvalue weighted by Gasteiger charge is -2.06. The predicted octanol–water partition coefficient (Wildman–Crippen LogP) is 1.10. The minimum absolute atomic E-state index is 0.0480. The molecule has 0 saturated heterocycles. The fraction of sp³-hybridized carbons (Fsp3) is 0.556. The SMILES string of the molecule is O=C([O-])Cn1nc(C(F)F)c(Cl)c1C1CC1. The minimum Gasteiger partial charge on any atom is -0.548 e. The number of nitrogens with zero attached hydrogens (tertiary/aromatic N) is 2. The quantitative estimate of drug-likeness (QED) is 0.803. The third-order valence-corrected chi connectivity index (χ3v) is 2.79. The summed E-state index contributed by atoms with van der Waals surface area (Å²) in [7, 11) is 0. The first-order valence-corrected chi connectivity index (χ1v) is 5.12. The Morgan fingerprint density at radius 2 is 2.25 bits per heavy atom. The number of rotatable bonds is 4. The highest BCUT2D eigenvalue weighted by atomic mass is 35.5. The average molecular weight is 250 g/mol. The number of carbonyl (C=O) groups excluding carboxylic acids is 1. The number of hydrogen-bond donors (Lipinski definition) is 0. The molecule has 88 valence electrons. The fourth-order valence-corrected chi connectivity index (χ4v) is 1.97. The van der Waals surface area contributed by atoms with Crippen molar-refractivity contribution in [2.75, 3.05) is 0 Å². The van der Waals surface area contributed by atoms with Crippen molar-refractivity contribution in [2.24, 2.45) is 0 Å². The summed E-state index contributed by atoms with van der Waals surface area (Å²) >= 11 is 5.77. The molecule has 0 N–H and O–H groups in total. The van der Waals surface area contributed by atoms with Crippen LogP contribution in [0, 0.1) is 0 Å². The molecule has 0 amide bonds. The number of hydrogen-bond acceptors (Lipinski definition) is 3. The Morgan fingerprint density at radius 3 is 2.69 bits per heavy atom. The van der Waals surface area contributed by atoms with Gasteiger partial charge in [-0.15, -0.1) is 0 Å². The lowest BCUT2D eigenvalue weighted by atomic mass is 10.2. The third-order valence-electron chi connectivity index (χ3n) is 2.41. The first-order valence-electron chi connectivity index (χ1n) is 4.74. The molecule has 7 heteroatoms. The van der Waals surface area contributed by atoms with E-state index in [-0.39, 0.29) is 10.9 Å². The van der Waals surface area contributed by atoms with Crippen LogP contribution in [0.25, 0.3) is 0 Å². The average Bonchev–Trinajstić information content (AvgIpc) is 2.92. The lowest BCUT2D eigenvalue weighted by molar-refractivity contribution is -0.306. The van der Waals surface area contributed by atoms with Crippen LogP contribution in [-0.2, 0) is 11.3 Å². The van der Waals surface area contributed by atoms with Gasteiger partial charge in [-0.3, -0.25) is 4.68 Å². The molecule has 0 bridgehead atoms. The largest absolute Gasteiger partial charge is 0.548 e. The van der Waals surface area contributed by atoms with Gasteiger partial charge in [0.15, 0.2) is 0 Å². The molecule has 1 aliphatic carbocycles. The van der Waals surface area contributed by atoms with Crippen LogP contribution < -0.4 is 5.11 Å². The summed E-state index contributed by atoms with van der Waals surface area (Å²) in [6.07, 6.45) is -1.16. The van der Waals surface area contributed by atoms with Crippen molar-refractivity contribution in [1.29, 1.82) is 0 Å². The molecule has 0 radical (unpaired) electrons. The van der Waals surface area contributed by atoms with Gasteiger partial charge in [0.1, 0.15) is 5.69 Å². The molecular formula is C9H8ClF2N2O2-. The second-order valence-corrected chi connectivity index (χ2v) is 4.07. The molecule has 1 aliphatic rings. The highest BCUT2D eigenvalue weighted by Crippen LogP contribution is 2.45. The van der Waals surface area contributed by atoms with Gasteiger partial charge in [-0.25, -0.2) is 8.78 Å². The van der Waals surface area contributed by atoms with Gasteiger partial charge in [-0.2, -0.15) is 5.10 Å². The monoisotopic (exact) mass is 249 g/mol. The Bertz CT molecular complexity index is 429. The van der Waals surface area contributed by atoms with Crippen molar-refractivity contribution in [1.82, 2.24) is 9.78 Å². The summed E-state index contributed by atoms with van der Waals surface area (Å²) in [5, 5.41) is 13.9. The van der Waals surface area contributed by atoms with Crippen LogP contribution in [0.2, 0.25) is 5.02 Å². The number of alkyl halides is 2. The molecule has 1 aromatic heterocycles. The maximum Gasteiger partial charge on any atom is 0.283 e. The van der Waals surface area contributed by atoms with E-state index in [9.17, 15) is 18.7 Å². The Kier molecular flexibility index (Phi) is 2.84. The van der Waals surface area contributed by atoms with Crippen molar-refractivity contribution in [2.45, 2.75) is 31.7 Å². The first-order chi connectivity index (χ1) is 7.50. The van der Waals surface area contributed by atoms with Gasteiger partial charge in [0.05, 0.1) is 23.2 Å². The lowest BCUT2D eigenvalue weighted by Crippen LogP contribution is -2.28. The summed E-state index contributed by atoms with van der Waals surface area (Å²) in [6.45, 7) is -0.543. The number of halogens is 3. The van der Waals surface area contributed by atoms with E-state index in [1.54, 1.807) is 0 Å². The highest BCUT2D eigenvalue weighted by Gasteiger charge is 2.33. The van der Waals surface area contributed by atoms with E-state index in [1.165, 1.54) is 0 Å². The van der Waals surface area contributed by atoms with Crippen molar-refractivity contribution in [3.63, 3.8) is 0 Å². The van der Waals surface area contributed by atoms with E-state index >= 15 is 0 Å².